The first-order chi connectivity index (χ1) is 8.65. The van der Waals surface area contributed by atoms with Crippen LogP contribution in [0.2, 0.25) is 0 Å². The van der Waals surface area contributed by atoms with Gasteiger partial charge in [0, 0.05) is 5.56 Å². The molecule has 1 N–H and O–H groups in total. The molecule has 2 rings (SSSR count). The highest BCUT2D eigenvalue weighted by atomic mass is 35.5. The number of carbonyl (C=O) groups excluding carboxylic acids is 1. The number of carbonyl (C=O) groups is 1. The molecule has 1 amide bonds. The number of amides is 1. The third kappa shape index (κ3) is 2.38. The van der Waals surface area contributed by atoms with E-state index in [9.17, 15) is 4.79 Å². The zero-order valence-electron chi connectivity index (χ0n) is 9.99. The Morgan fingerprint density at radius 2 is 2.28 bits per heavy atom. The Morgan fingerprint density at radius 1 is 1.50 bits per heavy atom. The third-order valence-electron chi connectivity index (χ3n) is 2.51. The summed E-state index contributed by atoms with van der Waals surface area (Å²) in [6.45, 7) is 3.64. The van der Waals surface area contributed by atoms with Crippen LogP contribution in [0.3, 0.4) is 0 Å². The van der Waals surface area contributed by atoms with E-state index >= 15 is 0 Å². The number of nitrogens with one attached hydrogen (secondary N) is 1. The summed E-state index contributed by atoms with van der Waals surface area (Å²) in [4.78, 5) is 11.9. The van der Waals surface area contributed by atoms with Crippen LogP contribution < -0.4 is 5.32 Å². The Balaban J connectivity index is 2.16. The molecular formula is C11H12ClN3O3. The standard InChI is InChI=1S/C11H12ClN3O3/c1-3-8-10(15-18-14-8)13-11(16)9-4-7(5-12)6(2)17-9/h4H,3,5H2,1-2H3,(H,13,15,16). The van der Waals surface area contributed by atoms with E-state index < -0.39 is 5.91 Å². The van der Waals surface area contributed by atoms with Gasteiger partial charge in [-0.3, -0.25) is 10.1 Å². The van der Waals surface area contributed by atoms with Crippen LogP contribution >= 0.6 is 11.6 Å². The van der Waals surface area contributed by atoms with Crippen molar-refractivity contribution in [2.24, 2.45) is 0 Å². The molecule has 2 heterocycles. The highest BCUT2D eigenvalue weighted by molar-refractivity contribution is 6.17. The molecule has 6 nitrogen and oxygen atoms in total. The molecule has 0 atom stereocenters. The lowest BCUT2D eigenvalue weighted by molar-refractivity contribution is 0.0994. The van der Waals surface area contributed by atoms with Crippen molar-refractivity contribution in [2.75, 3.05) is 5.32 Å². The number of aryl methyl sites for hydroxylation is 2. The SMILES string of the molecule is CCc1nonc1NC(=O)c1cc(CCl)c(C)o1. The van der Waals surface area contributed by atoms with Gasteiger partial charge in [0.15, 0.2) is 5.76 Å². The maximum Gasteiger partial charge on any atom is 0.292 e. The smallest absolute Gasteiger partial charge is 0.292 e. The van der Waals surface area contributed by atoms with E-state index in [0.29, 0.717) is 29.6 Å². The van der Waals surface area contributed by atoms with Crippen molar-refractivity contribution in [3.05, 3.63) is 28.8 Å². The lowest BCUT2D eigenvalue weighted by Gasteiger charge is -1.98. The molecule has 0 radical (unpaired) electrons. The zero-order valence-corrected chi connectivity index (χ0v) is 10.7. The van der Waals surface area contributed by atoms with Gasteiger partial charge in [0.2, 0.25) is 5.82 Å². The number of rotatable bonds is 4. The Labute approximate surface area is 108 Å². The fourth-order valence-corrected chi connectivity index (χ4v) is 1.73. The average Bonchev–Trinajstić information content (AvgIpc) is 2.95. The fraction of sp³-hybridized carbons (Fsp3) is 0.364. The predicted octanol–water partition coefficient (Wildman–Crippen LogP) is 2.52. The first-order valence-corrected chi connectivity index (χ1v) is 5.97. The van der Waals surface area contributed by atoms with Crippen LogP contribution in [-0.2, 0) is 12.3 Å². The van der Waals surface area contributed by atoms with Crippen molar-refractivity contribution >= 4 is 23.3 Å². The second-order valence-corrected chi connectivity index (χ2v) is 3.96. The fourth-order valence-electron chi connectivity index (χ4n) is 1.47. The Morgan fingerprint density at radius 3 is 2.89 bits per heavy atom. The van der Waals surface area contributed by atoms with Crippen molar-refractivity contribution in [1.29, 1.82) is 0 Å². The van der Waals surface area contributed by atoms with Gasteiger partial charge in [-0.15, -0.1) is 11.6 Å². The molecule has 0 aliphatic carbocycles. The predicted molar refractivity (Wildman–Crippen MR) is 64.6 cm³/mol. The van der Waals surface area contributed by atoms with E-state index in [1.807, 2.05) is 6.92 Å². The van der Waals surface area contributed by atoms with Gasteiger partial charge in [-0.05, 0) is 24.6 Å². The van der Waals surface area contributed by atoms with E-state index in [1.54, 1.807) is 13.0 Å². The molecule has 0 fully saturated rings. The highest BCUT2D eigenvalue weighted by Gasteiger charge is 2.17. The topological polar surface area (TPSA) is 81.2 Å². The van der Waals surface area contributed by atoms with Crippen molar-refractivity contribution in [3.63, 3.8) is 0 Å². The number of halogens is 1. The molecule has 0 aromatic carbocycles. The summed E-state index contributed by atoms with van der Waals surface area (Å²) in [7, 11) is 0. The molecular weight excluding hydrogens is 258 g/mol. The van der Waals surface area contributed by atoms with Gasteiger partial charge in [-0.1, -0.05) is 12.1 Å². The number of hydrogen-bond donors (Lipinski definition) is 1. The zero-order chi connectivity index (χ0) is 13.1. The summed E-state index contributed by atoms with van der Waals surface area (Å²) in [5.74, 6) is 1.02. The molecule has 7 heteroatoms. The monoisotopic (exact) mass is 269 g/mol. The molecule has 0 aliphatic heterocycles. The second-order valence-electron chi connectivity index (χ2n) is 3.69. The summed E-state index contributed by atoms with van der Waals surface area (Å²) in [5.41, 5.74) is 1.38. The number of anilines is 1. The quantitative estimate of drug-likeness (QED) is 0.863. The minimum atomic E-state index is -0.403. The number of alkyl halides is 1. The van der Waals surface area contributed by atoms with E-state index in [-0.39, 0.29) is 5.76 Å². The lowest BCUT2D eigenvalue weighted by atomic mass is 10.2. The number of nitrogens with zero attached hydrogens (tertiary/aromatic N) is 2. The normalized spacial score (nSPS) is 10.6. The first kappa shape index (κ1) is 12.6. The molecule has 0 aliphatic rings. The highest BCUT2D eigenvalue weighted by Crippen LogP contribution is 2.18. The summed E-state index contributed by atoms with van der Waals surface area (Å²) < 4.78 is 9.87. The van der Waals surface area contributed by atoms with Gasteiger partial charge >= 0.3 is 0 Å². The summed E-state index contributed by atoms with van der Waals surface area (Å²) in [6, 6.07) is 1.61. The Kier molecular flexibility index (Phi) is 3.66. The minimum Gasteiger partial charge on any atom is -0.456 e. The van der Waals surface area contributed by atoms with Crippen molar-refractivity contribution < 1.29 is 13.8 Å². The van der Waals surface area contributed by atoms with E-state index in [0.717, 1.165) is 5.56 Å². The van der Waals surface area contributed by atoms with Crippen molar-refractivity contribution in [2.45, 2.75) is 26.1 Å². The molecule has 2 aromatic heterocycles. The Hall–Kier alpha value is -1.82. The number of aromatic nitrogens is 2. The van der Waals surface area contributed by atoms with Crippen molar-refractivity contribution in [3.8, 4) is 0 Å². The van der Waals surface area contributed by atoms with Gasteiger partial charge in [0.05, 0.1) is 5.88 Å². The molecule has 0 spiro atoms. The summed E-state index contributed by atoms with van der Waals surface area (Å²) in [5, 5.41) is 9.86. The average molecular weight is 270 g/mol. The van der Waals surface area contributed by atoms with Crippen LogP contribution in [0, 0.1) is 6.92 Å². The second kappa shape index (κ2) is 5.22. The molecule has 0 saturated heterocycles. The van der Waals surface area contributed by atoms with Crippen LogP contribution in [0.1, 0.15) is 34.5 Å². The van der Waals surface area contributed by atoms with Gasteiger partial charge in [-0.25, -0.2) is 4.63 Å². The molecule has 18 heavy (non-hydrogen) atoms. The van der Waals surface area contributed by atoms with Gasteiger partial charge in [-0.2, -0.15) is 0 Å². The molecule has 0 saturated carbocycles. The molecule has 2 aromatic rings. The van der Waals surface area contributed by atoms with Crippen molar-refractivity contribution in [1.82, 2.24) is 10.3 Å². The van der Waals surface area contributed by atoms with Crippen LogP contribution in [0.4, 0.5) is 5.82 Å². The van der Waals surface area contributed by atoms with Crippen LogP contribution in [0.25, 0.3) is 0 Å². The summed E-state index contributed by atoms with van der Waals surface area (Å²) in [6.07, 6.45) is 0.614. The number of furan rings is 1. The maximum absolute atomic E-state index is 11.9. The molecule has 96 valence electrons. The molecule has 0 bridgehead atoms. The van der Waals surface area contributed by atoms with Gasteiger partial charge in [0.1, 0.15) is 11.5 Å². The van der Waals surface area contributed by atoms with E-state index in [1.165, 1.54) is 0 Å². The van der Waals surface area contributed by atoms with Crippen LogP contribution in [-0.4, -0.2) is 16.2 Å². The van der Waals surface area contributed by atoms with E-state index in [2.05, 4.69) is 20.3 Å². The Bertz CT molecular complexity index is 562. The third-order valence-corrected chi connectivity index (χ3v) is 2.80. The van der Waals surface area contributed by atoms with Crippen LogP contribution in [0.15, 0.2) is 15.1 Å². The van der Waals surface area contributed by atoms with E-state index in [4.69, 9.17) is 16.0 Å². The van der Waals surface area contributed by atoms with Gasteiger partial charge in [0.25, 0.3) is 5.91 Å². The minimum absolute atomic E-state index is 0.188. The van der Waals surface area contributed by atoms with Gasteiger partial charge < -0.3 is 4.42 Å². The largest absolute Gasteiger partial charge is 0.456 e. The molecule has 0 unspecified atom stereocenters. The lowest BCUT2D eigenvalue weighted by Crippen LogP contribution is -2.12. The summed E-state index contributed by atoms with van der Waals surface area (Å²) >= 11 is 5.71. The first-order valence-electron chi connectivity index (χ1n) is 5.43. The number of hydrogen-bond acceptors (Lipinski definition) is 5. The van der Waals surface area contributed by atoms with Crippen LogP contribution in [0.5, 0.6) is 0 Å². The maximum atomic E-state index is 11.9.